The van der Waals surface area contributed by atoms with Crippen molar-refractivity contribution < 1.29 is 9.53 Å². The van der Waals surface area contributed by atoms with Crippen LogP contribution in [0.25, 0.3) is 0 Å². The van der Waals surface area contributed by atoms with E-state index in [1.165, 1.54) is 12.8 Å². The molecule has 0 radical (unpaired) electrons. The molecule has 0 atom stereocenters. The SMILES string of the molecule is CC(C)CC1(C(=O)NC2(CBr)CCOCC2)CCCC1. The lowest BCUT2D eigenvalue weighted by molar-refractivity contribution is -0.134. The molecule has 1 saturated carbocycles. The van der Waals surface area contributed by atoms with E-state index in [1.807, 2.05) is 0 Å². The highest BCUT2D eigenvalue weighted by molar-refractivity contribution is 9.09. The maximum atomic E-state index is 13.0. The van der Waals surface area contributed by atoms with Gasteiger partial charge in [0.05, 0.1) is 5.54 Å². The van der Waals surface area contributed by atoms with Crippen LogP contribution in [0.2, 0.25) is 0 Å². The third-order valence-corrected chi connectivity index (χ3v) is 6.00. The zero-order valence-corrected chi connectivity index (χ0v) is 14.4. The first-order chi connectivity index (χ1) is 9.52. The Morgan fingerprint density at radius 1 is 1.20 bits per heavy atom. The molecule has 0 unspecified atom stereocenters. The maximum absolute atomic E-state index is 13.0. The Kier molecular flexibility index (Phi) is 5.52. The fourth-order valence-corrected chi connectivity index (χ4v) is 4.49. The van der Waals surface area contributed by atoms with Crippen molar-refractivity contribution in [3.63, 3.8) is 0 Å². The van der Waals surface area contributed by atoms with Crippen LogP contribution in [0.4, 0.5) is 0 Å². The quantitative estimate of drug-likeness (QED) is 0.772. The number of hydrogen-bond acceptors (Lipinski definition) is 2. The number of nitrogens with one attached hydrogen (secondary N) is 1. The summed E-state index contributed by atoms with van der Waals surface area (Å²) in [6, 6.07) is 0. The molecule has 0 bridgehead atoms. The van der Waals surface area contributed by atoms with Crippen LogP contribution in [0, 0.1) is 11.3 Å². The Bertz CT molecular complexity index is 331. The van der Waals surface area contributed by atoms with E-state index in [2.05, 4.69) is 35.1 Å². The van der Waals surface area contributed by atoms with Gasteiger partial charge < -0.3 is 10.1 Å². The fraction of sp³-hybridized carbons (Fsp3) is 0.938. The standard InChI is InChI=1S/C16H28BrNO2/c1-13(2)11-15(5-3-4-6-15)14(19)18-16(12-17)7-9-20-10-8-16/h13H,3-12H2,1-2H3,(H,18,19). The zero-order valence-electron chi connectivity index (χ0n) is 12.8. The van der Waals surface area contributed by atoms with Gasteiger partial charge in [0.15, 0.2) is 0 Å². The van der Waals surface area contributed by atoms with E-state index in [0.29, 0.717) is 11.8 Å². The van der Waals surface area contributed by atoms with Gasteiger partial charge >= 0.3 is 0 Å². The average molecular weight is 346 g/mol. The lowest BCUT2D eigenvalue weighted by Crippen LogP contribution is -2.57. The van der Waals surface area contributed by atoms with Crippen molar-refractivity contribution in [3.8, 4) is 0 Å². The van der Waals surface area contributed by atoms with Crippen LogP contribution in [0.5, 0.6) is 0 Å². The highest BCUT2D eigenvalue weighted by Gasteiger charge is 2.44. The third kappa shape index (κ3) is 3.56. The highest BCUT2D eigenvalue weighted by Crippen LogP contribution is 2.44. The van der Waals surface area contributed by atoms with Crippen LogP contribution in [0.15, 0.2) is 0 Å². The van der Waals surface area contributed by atoms with E-state index >= 15 is 0 Å². The van der Waals surface area contributed by atoms with E-state index in [1.54, 1.807) is 0 Å². The summed E-state index contributed by atoms with van der Waals surface area (Å²) in [5, 5.41) is 4.23. The summed E-state index contributed by atoms with van der Waals surface area (Å²) in [5.74, 6) is 0.874. The normalized spacial score (nSPS) is 24.8. The smallest absolute Gasteiger partial charge is 0.226 e. The molecule has 0 aromatic carbocycles. The fourth-order valence-electron chi connectivity index (χ4n) is 3.78. The van der Waals surface area contributed by atoms with Crippen molar-refractivity contribution in [1.82, 2.24) is 5.32 Å². The predicted molar refractivity (Wildman–Crippen MR) is 85.1 cm³/mol. The molecule has 1 N–H and O–H groups in total. The maximum Gasteiger partial charge on any atom is 0.226 e. The molecule has 1 amide bonds. The van der Waals surface area contributed by atoms with Gasteiger partial charge in [-0.2, -0.15) is 0 Å². The minimum Gasteiger partial charge on any atom is -0.381 e. The van der Waals surface area contributed by atoms with Crippen LogP contribution >= 0.6 is 15.9 Å². The second kappa shape index (κ2) is 6.78. The van der Waals surface area contributed by atoms with Crippen LogP contribution in [-0.2, 0) is 9.53 Å². The van der Waals surface area contributed by atoms with Gasteiger partial charge in [0.2, 0.25) is 5.91 Å². The van der Waals surface area contributed by atoms with E-state index in [9.17, 15) is 4.79 Å². The van der Waals surface area contributed by atoms with Gasteiger partial charge in [-0.25, -0.2) is 0 Å². The Labute approximate surface area is 131 Å². The highest BCUT2D eigenvalue weighted by atomic mass is 79.9. The molecule has 0 aromatic rings. The molecule has 2 fully saturated rings. The van der Waals surface area contributed by atoms with Crippen molar-refractivity contribution in [3.05, 3.63) is 0 Å². The van der Waals surface area contributed by atoms with Crippen LogP contribution in [-0.4, -0.2) is 30.0 Å². The van der Waals surface area contributed by atoms with Crippen molar-refractivity contribution >= 4 is 21.8 Å². The number of amides is 1. The summed E-state index contributed by atoms with van der Waals surface area (Å²) >= 11 is 3.60. The Morgan fingerprint density at radius 3 is 2.30 bits per heavy atom. The lowest BCUT2D eigenvalue weighted by Gasteiger charge is -2.40. The second-order valence-corrected chi connectivity index (χ2v) is 7.63. The number of rotatable bonds is 5. The molecule has 0 aromatic heterocycles. The first-order valence-electron chi connectivity index (χ1n) is 7.98. The molecule has 1 heterocycles. The summed E-state index contributed by atoms with van der Waals surface area (Å²) in [6.07, 6.45) is 7.38. The summed E-state index contributed by atoms with van der Waals surface area (Å²) in [5.41, 5.74) is -0.205. The zero-order chi connectivity index (χ0) is 14.6. The van der Waals surface area contributed by atoms with E-state index < -0.39 is 0 Å². The largest absolute Gasteiger partial charge is 0.381 e. The lowest BCUT2D eigenvalue weighted by atomic mass is 9.76. The van der Waals surface area contributed by atoms with Crippen molar-refractivity contribution in [2.45, 2.75) is 64.3 Å². The summed E-state index contributed by atoms with van der Waals surface area (Å²) in [7, 11) is 0. The molecule has 0 spiro atoms. The summed E-state index contributed by atoms with van der Waals surface area (Å²) in [4.78, 5) is 13.0. The van der Waals surface area contributed by atoms with Gasteiger partial charge in [-0.05, 0) is 38.0 Å². The second-order valence-electron chi connectivity index (χ2n) is 7.07. The summed E-state index contributed by atoms with van der Waals surface area (Å²) in [6.45, 7) is 5.95. The molecule has 2 rings (SSSR count). The molecule has 3 nitrogen and oxygen atoms in total. The number of ether oxygens (including phenoxy) is 1. The van der Waals surface area contributed by atoms with Crippen molar-refractivity contribution in [2.24, 2.45) is 11.3 Å². The van der Waals surface area contributed by atoms with Crippen LogP contribution in [0.1, 0.15) is 58.8 Å². The number of carbonyl (C=O) groups excluding carboxylic acids is 1. The number of halogens is 1. The summed E-state index contributed by atoms with van der Waals surface area (Å²) < 4.78 is 5.45. The van der Waals surface area contributed by atoms with Gasteiger partial charge in [0.25, 0.3) is 0 Å². The first kappa shape index (κ1) is 16.3. The number of hydrogen-bond donors (Lipinski definition) is 1. The van der Waals surface area contributed by atoms with Gasteiger partial charge in [-0.1, -0.05) is 42.6 Å². The number of carbonyl (C=O) groups is 1. The monoisotopic (exact) mass is 345 g/mol. The molecule has 20 heavy (non-hydrogen) atoms. The molecule has 1 aliphatic carbocycles. The Hall–Kier alpha value is -0.0900. The van der Waals surface area contributed by atoms with Gasteiger partial charge in [0.1, 0.15) is 0 Å². The molecule has 1 saturated heterocycles. The van der Waals surface area contributed by atoms with Gasteiger partial charge in [0, 0.05) is 24.0 Å². The predicted octanol–water partition coefficient (Wildman–Crippen LogP) is 3.65. The van der Waals surface area contributed by atoms with Crippen molar-refractivity contribution in [2.75, 3.05) is 18.5 Å². The molecule has 4 heteroatoms. The van der Waals surface area contributed by atoms with E-state index in [4.69, 9.17) is 4.74 Å². The molecule has 2 aliphatic rings. The third-order valence-electron chi connectivity index (χ3n) is 4.93. The Balaban J connectivity index is 2.07. The topological polar surface area (TPSA) is 38.3 Å². The van der Waals surface area contributed by atoms with Gasteiger partial charge in [-0.15, -0.1) is 0 Å². The minimum absolute atomic E-state index is 0.0953. The number of alkyl halides is 1. The van der Waals surface area contributed by atoms with Crippen LogP contribution in [0.3, 0.4) is 0 Å². The van der Waals surface area contributed by atoms with Crippen LogP contribution < -0.4 is 5.32 Å². The van der Waals surface area contributed by atoms with E-state index in [0.717, 1.165) is 50.6 Å². The molecule has 1 aliphatic heterocycles. The molecule has 116 valence electrons. The van der Waals surface area contributed by atoms with Crippen molar-refractivity contribution in [1.29, 1.82) is 0 Å². The van der Waals surface area contributed by atoms with Gasteiger partial charge in [-0.3, -0.25) is 4.79 Å². The first-order valence-corrected chi connectivity index (χ1v) is 9.10. The molecular weight excluding hydrogens is 318 g/mol. The minimum atomic E-state index is -0.109. The average Bonchev–Trinajstić information content (AvgIpc) is 2.89. The Morgan fingerprint density at radius 2 is 1.80 bits per heavy atom. The molecular formula is C16H28BrNO2. The van der Waals surface area contributed by atoms with E-state index in [-0.39, 0.29) is 11.0 Å².